The number of benzene rings is 3. The SMILES string of the molecule is CCNC(=O)COc1ccccc1CNC(=O)[C@@H]1CCc2cnc(NCC(c3ccccc3)c3ccccc3)c(=O)n21.Cl. The van der Waals surface area contributed by atoms with Gasteiger partial charge in [0.1, 0.15) is 11.8 Å². The summed E-state index contributed by atoms with van der Waals surface area (Å²) in [5.74, 6) is 0.295. The Balaban J connectivity index is 0.00000423. The fourth-order valence-electron chi connectivity index (χ4n) is 5.29. The number of anilines is 1. The fourth-order valence-corrected chi connectivity index (χ4v) is 5.29. The van der Waals surface area contributed by atoms with Crippen molar-refractivity contribution in [1.82, 2.24) is 20.2 Å². The first-order chi connectivity index (χ1) is 20.5. The van der Waals surface area contributed by atoms with Crippen LogP contribution in [0.1, 0.15) is 47.7 Å². The summed E-state index contributed by atoms with van der Waals surface area (Å²) in [6.45, 7) is 2.93. The Morgan fingerprint density at radius 3 is 2.28 bits per heavy atom. The molecule has 2 amide bonds. The average Bonchev–Trinajstić information content (AvgIpc) is 3.47. The molecule has 0 unspecified atom stereocenters. The Labute approximate surface area is 257 Å². The molecule has 4 aromatic rings. The van der Waals surface area contributed by atoms with Gasteiger partial charge in [-0.2, -0.15) is 0 Å². The minimum Gasteiger partial charge on any atom is -0.483 e. The predicted octanol–water partition coefficient (Wildman–Crippen LogP) is 4.23. The van der Waals surface area contributed by atoms with Crippen molar-refractivity contribution in [3.8, 4) is 5.75 Å². The van der Waals surface area contributed by atoms with E-state index in [0.717, 1.165) is 22.4 Å². The smallest absolute Gasteiger partial charge is 0.294 e. The van der Waals surface area contributed by atoms with E-state index >= 15 is 0 Å². The molecule has 3 aromatic carbocycles. The summed E-state index contributed by atoms with van der Waals surface area (Å²) < 4.78 is 7.23. The van der Waals surface area contributed by atoms with Crippen molar-refractivity contribution < 1.29 is 14.3 Å². The van der Waals surface area contributed by atoms with E-state index in [2.05, 4.69) is 45.2 Å². The topological polar surface area (TPSA) is 114 Å². The highest BCUT2D eigenvalue weighted by Crippen LogP contribution is 2.27. The van der Waals surface area contributed by atoms with Gasteiger partial charge in [0.05, 0.1) is 0 Å². The summed E-state index contributed by atoms with van der Waals surface area (Å²) in [5.41, 5.74) is 3.43. The first-order valence-electron chi connectivity index (χ1n) is 14.2. The van der Waals surface area contributed by atoms with Gasteiger partial charge in [0, 0.05) is 43.0 Å². The lowest BCUT2D eigenvalue weighted by atomic mass is 9.91. The molecular formula is C33H36ClN5O4. The molecule has 0 bridgehead atoms. The Bertz CT molecular complexity index is 1540. The van der Waals surface area contributed by atoms with Crippen molar-refractivity contribution in [2.45, 2.75) is 38.3 Å². The van der Waals surface area contributed by atoms with Crippen LogP contribution in [0.5, 0.6) is 5.75 Å². The Kier molecular flexibility index (Phi) is 10.9. The molecule has 3 N–H and O–H groups in total. The first-order valence-corrected chi connectivity index (χ1v) is 14.2. The predicted molar refractivity (Wildman–Crippen MR) is 169 cm³/mol. The molecule has 0 spiro atoms. The lowest BCUT2D eigenvalue weighted by Gasteiger charge is -2.20. The lowest BCUT2D eigenvalue weighted by molar-refractivity contribution is -0.124. The highest BCUT2D eigenvalue weighted by atomic mass is 35.5. The van der Waals surface area contributed by atoms with Crippen molar-refractivity contribution >= 4 is 30.0 Å². The monoisotopic (exact) mass is 601 g/mol. The van der Waals surface area contributed by atoms with Gasteiger partial charge >= 0.3 is 0 Å². The van der Waals surface area contributed by atoms with Crippen LogP contribution in [0.2, 0.25) is 0 Å². The van der Waals surface area contributed by atoms with Gasteiger partial charge in [-0.05, 0) is 37.0 Å². The number of carbonyl (C=O) groups is 2. The number of likely N-dealkylation sites (N-methyl/N-ethyl adjacent to an activating group) is 1. The summed E-state index contributed by atoms with van der Waals surface area (Å²) >= 11 is 0. The van der Waals surface area contributed by atoms with Crippen molar-refractivity contribution in [3.63, 3.8) is 0 Å². The van der Waals surface area contributed by atoms with Gasteiger partial charge in [-0.25, -0.2) is 4.98 Å². The number of carbonyl (C=O) groups excluding carboxylic acids is 2. The van der Waals surface area contributed by atoms with Crippen LogP contribution in [-0.4, -0.2) is 41.1 Å². The van der Waals surface area contributed by atoms with Gasteiger partial charge in [-0.1, -0.05) is 78.9 Å². The largest absolute Gasteiger partial charge is 0.483 e. The van der Waals surface area contributed by atoms with Crippen LogP contribution in [0.25, 0.3) is 0 Å². The van der Waals surface area contributed by atoms with Crippen LogP contribution in [-0.2, 0) is 22.6 Å². The third-order valence-corrected chi connectivity index (χ3v) is 7.40. The molecule has 0 aliphatic carbocycles. The second-order valence-corrected chi connectivity index (χ2v) is 10.2. The van der Waals surface area contributed by atoms with Gasteiger partial charge in [-0.3, -0.25) is 19.0 Å². The second-order valence-electron chi connectivity index (χ2n) is 10.2. The van der Waals surface area contributed by atoms with Crippen molar-refractivity contribution in [3.05, 3.63) is 124 Å². The van der Waals surface area contributed by atoms with Crippen LogP contribution < -0.4 is 26.2 Å². The van der Waals surface area contributed by atoms with Gasteiger partial charge in [0.15, 0.2) is 12.4 Å². The number of halogens is 1. The van der Waals surface area contributed by atoms with Crippen molar-refractivity contribution in [1.29, 1.82) is 0 Å². The number of para-hydroxylation sites is 1. The number of nitrogens with zero attached hydrogens (tertiary/aromatic N) is 2. The summed E-state index contributed by atoms with van der Waals surface area (Å²) in [6.07, 6.45) is 2.78. The van der Waals surface area contributed by atoms with E-state index < -0.39 is 6.04 Å². The van der Waals surface area contributed by atoms with Crippen molar-refractivity contribution in [2.24, 2.45) is 0 Å². The molecule has 0 saturated heterocycles. The number of hydrogen-bond donors (Lipinski definition) is 3. The number of rotatable bonds is 12. The summed E-state index contributed by atoms with van der Waals surface area (Å²) in [5, 5.41) is 8.92. The minimum absolute atomic E-state index is 0. The van der Waals surface area contributed by atoms with E-state index in [0.29, 0.717) is 31.7 Å². The van der Waals surface area contributed by atoms with Crippen LogP contribution in [0.15, 0.2) is 95.9 Å². The van der Waals surface area contributed by atoms with Gasteiger partial charge in [0.2, 0.25) is 5.91 Å². The molecule has 1 atom stereocenters. The maximum absolute atomic E-state index is 13.6. The number of fused-ring (bicyclic) bond motifs is 1. The summed E-state index contributed by atoms with van der Waals surface area (Å²) in [7, 11) is 0. The summed E-state index contributed by atoms with van der Waals surface area (Å²) in [4.78, 5) is 43.2. The summed E-state index contributed by atoms with van der Waals surface area (Å²) in [6, 6.07) is 26.9. The van der Waals surface area contributed by atoms with Crippen LogP contribution in [0.3, 0.4) is 0 Å². The molecule has 1 aliphatic heterocycles. The molecule has 0 radical (unpaired) electrons. The Morgan fingerprint density at radius 1 is 0.953 bits per heavy atom. The number of nitrogens with one attached hydrogen (secondary N) is 3. The number of aryl methyl sites for hydroxylation is 1. The average molecular weight is 602 g/mol. The van der Waals surface area contributed by atoms with E-state index in [1.165, 1.54) is 0 Å². The molecule has 0 fully saturated rings. The zero-order chi connectivity index (χ0) is 29.3. The maximum Gasteiger partial charge on any atom is 0.294 e. The van der Waals surface area contributed by atoms with Gasteiger partial charge in [0.25, 0.3) is 11.5 Å². The Hall–Kier alpha value is -4.63. The molecule has 1 aromatic heterocycles. The molecule has 9 nitrogen and oxygen atoms in total. The molecular weight excluding hydrogens is 566 g/mol. The molecule has 2 heterocycles. The zero-order valence-electron chi connectivity index (χ0n) is 24.0. The third kappa shape index (κ3) is 7.61. The van der Waals surface area contributed by atoms with Crippen LogP contribution >= 0.6 is 12.4 Å². The first kappa shape index (κ1) is 31.3. The molecule has 5 rings (SSSR count). The zero-order valence-corrected chi connectivity index (χ0v) is 24.8. The highest BCUT2D eigenvalue weighted by Gasteiger charge is 2.31. The highest BCUT2D eigenvalue weighted by molar-refractivity contribution is 5.85. The normalized spacial score (nSPS) is 13.5. The van der Waals surface area contributed by atoms with Gasteiger partial charge in [-0.15, -0.1) is 12.4 Å². The lowest BCUT2D eigenvalue weighted by Crippen LogP contribution is -2.36. The molecule has 43 heavy (non-hydrogen) atoms. The number of hydrogen-bond acceptors (Lipinski definition) is 6. The van der Waals surface area contributed by atoms with Crippen LogP contribution in [0, 0.1) is 0 Å². The van der Waals surface area contributed by atoms with E-state index in [9.17, 15) is 14.4 Å². The van der Waals surface area contributed by atoms with Crippen molar-refractivity contribution in [2.75, 3.05) is 25.0 Å². The minimum atomic E-state index is -0.640. The van der Waals surface area contributed by atoms with E-state index in [4.69, 9.17) is 4.74 Å². The number of aromatic nitrogens is 2. The maximum atomic E-state index is 13.6. The Morgan fingerprint density at radius 2 is 1.60 bits per heavy atom. The van der Waals surface area contributed by atoms with E-state index in [1.54, 1.807) is 16.8 Å². The molecule has 0 saturated carbocycles. The third-order valence-electron chi connectivity index (χ3n) is 7.40. The molecule has 1 aliphatic rings. The number of amides is 2. The van der Waals surface area contributed by atoms with Crippen LogP contribution in [0.4, 0.5) is 5.82 Å². The van der Waals surface area contributed by atoms with E-state index in [1.807, 2.05) is 61.5 Å². The van der Waals surface area contributed by atoms with Gasteiger partial charge < -0.3 is 20.7 Å². The quantitative estimate of drug-likeness (QED) is 0.224. The van der Waals surface area contributed by atoms with E-state index in [-0.39, 0.29) is 54.7 Å². The number of ether oxygens (including phenoxy) is 1. The fraction of sp³-hybridized carbons (Fsp3) is 0.273. The molecule has 224 valence electrons. The standard InChI is InChI=1S/C33H35N5O4.ClH/c1-2-34-30(39)22-42-29-16-10-9-15-25(29)19-37-32(40)28-18-17-26-20-35-31(33(41)38(26)28)36-21-27(23-11-5-3-6-12-23)24-13-7-4-8-14-24;/h3-16,20,27-28H,2,17-19,21-22H2,1H3,(H,34,39)(H,35,36)(H,37,40);1H/t28-;/m0./s1. The molecule has 10 heteroatoms. The second kappa shape index (κ2) is 15.0.